The molecule has 2 aromatic rings. The number of carbonyl (C=O) groups excluding carboxylic acids is 1. The smallest absolute Gasteiger partial charge is 0.257 e. The Bertz CT molecular complexity index is 613. The number of hydrogen-bond acceptors (Lipinski definition) is 4. The lowest BCUT2D eigenvalue weighted by Crippen LogP contribution is -2.34. The van der Waals surface area contributed by atoms with Crippen LogP contribution in [0.1, 0.15) is 54.6 Å². The maximum Gasteiger partial charge on any atom is 0.257 e. The molecule has 0 aromatic carbocycles. The molecule has 0 aliphatic heterocycles. The number of nitrogens with zero attached hydrogens (tertiary/aromatic N) is 2. The van der Waals surface area contributed by atoms with Crippen LogP contribution in [0.3, 0.4) is 0 Å². The Morgan fingerprint density at radius 1 is 1.30 bits per heavy atom. The molecule has 1 aliphatic rings. The zero-order valence-electron chi connectivity index (χ0n) is 11.7. The minimum atomic E-state index is -0.0492. The van der Waals surface area contributed by atoms with Crippen LogP contribution in [0, 0.1) is 6.92 Å². The second kappa shape index (κ2) is 5.61. The van der Waals surface area contributed by atoms with Crippen molar-refractivity contribution >= 4 is 17.0 Å². The number of pyridine rings is 1. The lowest BCUT2D eigenvalue weighted by Gasteiger charge is -2.15. The highest BCUT2D eigenvalue weighted by atomic mass is 16.5. The van der Waals surface area contributed by atoms with E-state index in [2.05, 4.69) is 15.5 Å². The Morgan fingerprint density at radius 3 is 2.80 bits per heavy atom. The molecule has 0 unspecified atom stereocenters. The number of rotatable bonds is 2. The van der Waals surface area contributed by atoms with Crippen LogP contribution < -0.4 is 5.32 Å². The summed E-state index contributed by atoms with van der Waals surface area (Å²) in [6.07, 6.45) is 8.67. The number of amides is 1. The normalized spacial score (nSPS) is 17.1. The monoisotopic (exact) mass is 273 g/mol. The number of carbonyl (C=O) groups is 1. The fraction of sp³-hybridized carbons (Fsp3) is 0.533. The molecule has 20 heavy (non-hydrogen) atoms. The van der Waals surface area contributed by atoms with E-state index in [4.69, 9.17) is 4.52 Å². The van der Waals surface area contributed by atoms with Crippen molar-refractivity contribution in [1.29, 1.82) is 0 Å². The van der Waals surface area contributed by atoms with Crippen LogP contribution in [0.25, 0.3) is 11.1 Å². The van der Waals surface area contributed by atoms with Gasteiger partial charge in [0.2, 0.25) is 0 Å². The number of fused-ring (bicyclic) bond motifs is 1. The molecule has 1 saturated carbocycles. The highest BCUT2D eigenvalue weighted by Gasteiger charge is 2.17. The molecule has 2 heterocycles. The molecular weight excluding hydrogens is 254 g/mol. The fourth-order valence-electron chi connectivity index (χ4n) is 2.76. The third-order valence-corrected chi connectivity index (χ3v) is 3.96. The van der Waals surface area contributed by atoms with Crippen molar-refractivity contribution in [3.05, 3.63) is 23.5 Å². The second-order valence-corrected chi connectivity index (χ2v) is 5.51. The Labute approximate surface area is 117 Å². The molecule has 0 spiro atoms. The molecule has 0 atom stereocenters. The standard InChI is InChI=1S/C15H19N3O2/c1-10-13-8-11(9-16-15(13)20-18-10)14(19)17-12-6-4-2-3-5-7-12/h8-9,12H,2-7H2,1H3,(H,17,19). The van der Waals surface area contributed by atoms with Gasteiger partial charge in [0.05, 0.1) is 16.6 Å². The Balaban J connectivity index is 1.75. The highest BCUT2D eigenvalue weighted by Crippen LogP contribution is 2.19. The predicted octanol–water partition coefficient (Wildman–Crippen LogP) is 2.98. The average Bonchev–Trinajstić information content (AvgIpc) is 2.66. The van der Waals surface area contributed by atoms with Gasteiger partial charge in [-0.15, -0.1) is 0 Å². The van der Waals surface area contributed by atoms with Crippen molar-refractivity contribution in [2.45, 2.75) is 51.5 Å². The first kappa shape index (κ1) is 13.1. The summed E-state index contributed by atoms with van der Waals surface area (Å²) in [4.78, 5) is 16.4. The van der Waals surface area contributed by atoms with Crippen LogP contribution in [-0.4, -0.2) is 22.1 Å². The Morgan fingerprint density at radius 2 is 2.05 bits per heavy atom. The number of aryl methyl sites for hydroxylation is 1. The Hall–Kier alpha value is -1.91. The summed E-state index contributed by atoms with van der Waals surface area (Å²) in [7, 11) is 0. The molecule has 5 heteroatoms. The van der Waals surface area contributed by atoms with Gasteiger partial charge in [0.15, 0.2) is 0 Å². The van der Waals surface area contributed by atoms with Gasteiger partial charge in [-0.1, -0.05) is 30.8 Å². The number of aromatic nitrogens is 2. The lowest BCUT2D eigenvalue weighted by atomic mass is 10.1. The minimum absolute atomic E-state index is 0.0492. The van der Waals surface area contributed by atoms with Crippen LogP contribution >= 0.6 is 0 Å². The summed E-state index contributed by atoms with van der Waals surface area (Å²) in [5, 5.41) is 7.78. The summed E-state index contributed by atoms with van der Waals surface area (Å²) < 4.78 is 5.06. The Kier molecular flexibility index (Phi) is 3.67. The molecule has 2 aromatic heterocycles. The number of hydrogen-bond donors (Lipinski definition) is 1. The van der Waals surface area contributed by atoms with Gasteiger partial charge in [-0.3, -0.25) is 4.79 Å². The van der Waals surface area contributed by atoms with Crippen molar-refractivity contribution in [3.63, 3.8) is 0 Å². The van der Waals surface area contributed by atoms with Gasteiger partial charge >= 0.3 is 0 Å². The molecule has 106 valence electrons. The van der Waals surface area contributed by atoms with Crippen LogP contribution in [0.2, 0.25) is 0 Å². The van der Waals surface area contributed by atoms with E-state index in [-0.39, 0.29) is 5.91 Å². The van der Waals surface area contributed by atoms with Gasteiger partial charge in [-0.2, -0.15) is 0 Å². The minimum Gasteiger partial charge on any atom is -0.349 e. The maximum absolute atomic E-state index is 12.3. The largest absolute Gasteiger partial charge is 0.349 e. The third kappa shape index (κ3) is 2.66. The second-order valence-electron chi connectivity index (χ2n) is 5.51. The van der Waals surface area contributed by atoms with E-state index >= 15 is 0 Å². The van der Waals surface area contributed by atoms with E-state index in [1.54, 1.807) is 12.3 Å². The van der Waals surface area contributed by atoms with Gasteiger partial charge in [0.25, 0.3) is 11.6 Å². The van der Waals surface area contributed by atoms with E-state index in [0.29, 0.717) is 17.3 Å². The van der Waals surface area contributed by atoms with Crippen molar-refractivity contribution in [2.75, 3.05) is 0 Å². The van der Waals surface area contributed by atoms with Gasteiger partial charge in [-0.05, 0) is 25.8 Å². The van der Waals surface area contributed by atoms with E-state index in [1.807, 2.05) is 6.92 Å². The van der Waals surface area contributed by atoms with Crippen molar-refractivity contribution in [3.8, 4) is 0 Å². The summed E-state index contributed by atoms with van der Waals surface area (Å²) in [5.74, 6) is -0.0492. The first-order valence-corrected chi connectivity index (χ1v) is 7.27. The van der Waals surface area contributed by atoms with Crippen LogP contribution in [0.5, 0.6) is 0 Å². The first-order valence-electron chi connectivity index (χ1n) is 7.27. The molecule has 1 amide bonds. The SMILES string of the molecule is Cc1noc2ncc(C(=O)NC3CCCCCC3)cc12. The van der Waals surface area contributed by atoms with Crippen molar-refractivity contribution in [2.24, 2.45) is 0 Å². The summed E-state index contributed by atoms with van der Waals surface area (Å²) >= 11 is 0. The van der Waals surface area contributed by atoms with Crippen LogP contribution in [-0.2, 0) is 0 Å². The fourth-order valence-corrected chi connectivity index (χ4v) is 2.76. The van der Waals surface area contributed by atoms with E-state index in [0.717, 1.165) is 23.9 Å². The van der Waals surface area contributed by atoms with Crippen LogP contribution in [0.15, 0.2) is 16.8 Å². The molecule has 0 bridgehead atoms. The third-order valence-electron chi connectivity index (χ3n) is 3.96. The molecule has 1 N–H and O–H groups in total. The van der Waals surface area contributed by atoms with E-state index in [9.17, 15) is 4.79 Å². The van der Waals surface area contributed by atoms with Crippen LogP contribution in [0.4, 0.5) is 0 Å². The zero-order chi connectivity index (χ0) is 13.9. The maximum atomic E-state index is 12.3. The molecular formula is C15H19N3O2. The van der Waals surface area contributed by atoms with Gasteiger partial charge < -0.3 is 9.84 Å². The van der Waals surface area contributed by atoms with Gasteiger partial charge in [-0.25, -0.2) is 4.98 Å². The molecule has 0 radical (unpaired) electrons. The predicted molar refractivity (Wildman–Crippen MR) is 75.5 cm³/mol. The lowest BCUT2D eigenvalue weighted by molar-refractivity contribution is 0.0933. The first-order chi connectivity index (χ1) is 9.74. The highest BCUT2D eigenvalue weighted by molar-refractivity contribution is 5.97. The van der Waals surface area contributed by atoms with E-state index < -0.39 is 0 Å². The molecule has 0 saturated heterocycles. The summed E-state index contributed by atoms with van der Waals surface area (Å²) in [6, 6.07) is 2.10. The molecule has 3 rings (SSSR count). The quantitative estimate of drug-likeness (QED) is 0.854. The van der Waals surface area contributed by atoms with Gasteiger partial charge in [0, 0.05) is 12.2 Å². The van der Waals surface area contributed by atoms with Gasteiger partial charge in [0.1, 0.15) is 0 Å². The zero-order valence-corrected chi connectivity index (χ0v) is 11.7. The molecule has 5 nitrogen and oxygen atoms in total. The molecule has 1 fully saturated rings. The topological polar surface area (TPSA) is 68.0 Å². The summed E-state index contributed by atoms with van der Waals surface area (Å²) in [5.41, 5.74) is 1.82. The number of nitrogens with one attached hydrogen (secondary N) is 1. The van der Waals surface area contributed by atoms with Crippen molar-refractivity contribution in [1.82, 2.24) is 15.5 Å². The van der Waals surface area contributed by atoms with E-state index in [1.165, 1.54) is 25.7 Å². The molecule has 1 aliphatic carbocycles. The average molecular weight is 273 g/mol. The summed E-state index contributed by atoms with van der Waals surface area (Å²) in [6.45, 7) is 1.85. The van der Waals surface area contributed by atoms with Crippen molar-refractivity contribution < 1.29 is 9.32 Å².